The van der Waals surface area contributed by atoms with E-state index in [0.29, 0.717) is 5.82 Å². The van der Waals surface area contributed by atoms with E-state index in [9.17, 15) is 0 Å². The monoisotopic (exact) mass is 744 g/mol. The Morgan fingerprint density at radius 1 is 0.386 bits per heavy atom. The van der Waals surface area contributed by atoms with Crippen LogP contribution in [0, 0.1) is 0 Å². The SMILES string of the molecule is c1ccc(-c2nc(-n3c4ccc(-c5ccc6c(c5)c5ccccc5n6-c5ccccc5)cc4c4ccc5ccccc5c43)c3sc(-c4ccccc4)cc3n2)cc1. The largest absolute Gasteiger partial charge is 0.309 e. The van der Waals surface area contributed by atoms with Crippen molar-refractivity contribution in [2.45, 2.75) is 0 Å². The van der Waals surface area contributed by atoms with E-state index in [0.717, 1.165) is 38.3 Å². The van der Waals surface area contributed by atoms with Crippen LogP contribution in [0.2, 0.25) is 0 Å². The van der Waals surface area contributed by atoms with Gasteiger partial charge in [0.25, 0.3) is 0 Å². The lowest BCUT2D eigenvalue weighted by Gasteiger charge is -2.12. The van der Waals surface area contributed by atoms with Crippen LogP contribution in [0.15, 0.2) is 194 Å². The fourth-order valence-corrected chi connectivity index (χ4v) is 9.80. The predicted octanol–water partition coefficient (Wildman–Crippen LogP) is 14.0. The van der Waals surface area contributed by atoms with E-state index in [1.165, 1.54) is 64.9 Å². The molecule has 0 aliphatic rings. The lowest BCUT2D eigenvalue weighted by atomic mass is 10.00. The van der Waals surface area contributed by atoms with Crippen molar-refractivity contribution in [3.05, 3.63) is 194 Å². The lowest BCUT2D eigenvalue weighted by Crippen LogP contribution is -2.01. The number of rotatable bonds is 5. The molecule has 57 heavy (non-hydrogen) atoms. The van der Waals surface area contributed by atoms with Gasteiger partial charge in [0.15, 0.2) is 11.6 Å². The molecule has 0 radical (unpaired) electrons. The first kappa shape index (κ1) is 32.0. The molecule has 0 unspecified atom stereocenters. The van der Waals surface area contributed by atoms with Gasteiger partial charge in [-0.1, -0.05) is 146 Å². The first-order valence-electron chi connectivity index (χ1n) is 19.2. The number of fused-ring (bicyclic) bond motifs is 9. The zero-order chi connectivity index (χ0) is 37.5. The van der Waals surface area contributed by atoms with Gasteiger partial charge in [-0.15, -0.1) is 11.3 Å². The maximum atomic E-state index is 5.46. The molecule has 0 fully saturated rings. The molecule has 0 spiro atoms. The molecule has 0 aliphatic heterocycles. The molecule has 0 amide bonds. The van der Waals surface area contributed by atoms with Crippen molar-refractivity contribution in [1.82, 2.24) is 19.1 Å². The van der Waals surface area contributed by atoms with Crippen molar-refractivity contribution in [3.63, 3.8) is 0 Å². The van der Waals surface area contributed by atoms with Crippen LogP contribution in [0.4, 0.5) is 0 Å². The molecule has 0 saturated heterocycles. The highest BCUT2D eigenvalue weighted by Gasteiger charge is 2.22. The second-order valence-corrected chi connectivity index (χ2v) is 15.7. The lowest BCUT2D eigenvalue weighted by molar-refractivity contribution is 1.08. The van der Waals surface area contributed by atoms with E-state index in [1.807, 2.05) is 6.07 Å². The molecule has 0 N–H and O–H groups in total. The highest BCUT2D eigenvalue weighted by molar-refractivity contribution is 7.22. The van der Waals surface area contributed by atoms with Crippen LogP contribution in [-0.4, -0.2) is 19.1 Å². The van der Waals surface area contributed by atoms with Crippen LogP contribution < -0.4 is 0 Å². The van der Waals surface area contributed by atoms with Crippen molar-refractivity contribution < 1.29 is 0 Å². The summed E-state index contributed by atoms with van der Waals surface area (Å²) >= 11 is 1.76. The third kappa shape index (κ3) is 4.99. The molecule has 4 nitrogen and oxygen atoms in total. The summed E-state index contributed by atoms with van der Waals surface area (Å²) in [5, 5.41) is 7.25. The molecule has 12 aromatic rings. The van der Waals surface area contributed by atoms with E-state index in [-0.39, 0.29) is 0 Å². The maximum Gasteiger partial charge on any atom is 0.162 e. The summed E-state index contributed by atoms with van der Waals surface area (Å²) in [5.41, 5.74) is 11.3. The second kappa shape index (κ2) is 12.6. The Hall–Kier alpha value is -7.34. The van der Waals surface area contributed by atoms with Crippen LogP contribution in [0.3, 0.4) is 0 Å². The quantitative estimate of drug-likeness (QED) is 0.176. The maximum absolute atomic E-state index is 5.46. The topological polar surface area (TPSA) is 35.6 Å². The third-order valence-corrected chi connectivity index (χ3v) is 12.5. The van der Waals surface area contributed by atoms with E-state index < -0.39 is 0 Å². The molecule has 0 atom stereocenters. The van der Waals surface area contributed by atoms with Crippen molar-refractivity contribution in [2.75, 3.05) is 0 Å². The average molecular weight is 745 g/mol. The molecule has 4 aromatic heterocycles. The fourth-order valence-electron chi connectivity index (χ4n) is 8.72. The molecule has 4 heterocycles. The third-order valence-electron chi connectivity index (χ3n) is 11.3. The van der Waals surface area contributed by atoms with Gasteiger partial charge in [0.1, 0.15) is 0 Å². The van der Waals surface area contributed by atoms with E-state index in [1.54, 1.807) is 11.3 Å². The molecule has 5 heteroatoms. The molecule has 0 bridgehead atoms. The standard InChI is InChI=1S/C52H32N4S/c1-4-15-34(16-5-1)48-32-44-50(57-48)52(54-51(53-44)35-17-6-2-7-18-35)56-47-29-26-37(31-43(47)41-27-24-33-14-10-11-21-39(33)49(41)56)36-25-28-46-42(30-36)40-22-12-13-23-45(40)55(46)38-19-8-3-9-20-38/h1-32H. The van der Waals surface area contributed by atoms with E-state index in [4.69, 9.17) is 9.97 Å². The number of nitrogens with zero attached hydrogens (tertiary/aromatic N) is 4. The van der Waals surface area contributed by atoms with Crippen molar-refractivity contribution in [3.8, 4) is 44.5 Å². The minimum Gasteiger partial charge on any atom is -0.309 e. The summed E-state index contributed by atoms with van der Waals surface area (Å²) in [6.07, 6.45) is 0. The molecule has 8 aromatic carbocycles. The van der Waals surface area contributed by atoms with E-state index in [2.05, 4.69) is 197 Å². The molecular weight excluding hydrogens is 713 g/mol. The minimum absolute atomic E-state index is 0.713. The predicted molar refractivity (Wildman–Crippen MR) is 240 cm³/mol. The molecule has 0 aliphatic carbocycles. The average Bonchev–Trinajstić information content (AvgIpc) is 3.97. The summed E-state index contributed by atoms with van der Waals surface area (Å²) in [4.78, 5) is 11.8. The summed E-state index contributed by atoms with van der Waals surface area (Å²) in [7, 11) is 0. The number of hydrogen-bond acceptors (Lipinski definition) is 3. The van der Waals surface area contributed by atoms with Crippen LogP contribution in [0.25, 0.3) is 109 Å². The number of benzene rings is 8. The molecule has 266 valence electrons. The summed E-state index contributed by atoms with van der Waals surface area (Å²) in [6, 6.07) is 69.6. The first-order chi connectivity index (χ1) is 28.3. The van der Waals surface area contributed by atoms with Crippen molar-refractivity contribution in [1.29, 1.82) is 0 Å². The van der Waals surface area contributed by atoms with Gasteiger partial charge in [-0.05, 0) is 70.6 Å². The van der Waals surface area contributed by atoms with Gasteiger partial charge in [0.05, 0.1) is 32.3 Å². The molecule has 12 rings (SSSR count). The highest BCUT2D eigenvalue weighted by atomic mass is 32.1. The van der Waals surface area contributed by atoms with Gasteiger partial charge in [0, 0.05) is 43.1 Å². The first-order valence-corrected chi connectivity index (χ1v) is 20.1. The Balaban J connectivity index is 1.13. The van der Waals surface area contributed by atoms with Crippen LogP contribution in [0.1, 0.15) is 0 Å². The number of aromatic nitrogens is 4. The normalized spacial score (nSPS) is 11.9. The van der Waals surface area contributed by atoms with Gasteiger partial charge in [0.2, 0.25) is 0 Å². The van der Waals surface area contributed by atoms with Crippen LogP contribution >= 0.6 is 11.3 Å². The number of hydrogen-bond donors (Lipinski definition) is 0. The van der Waals surface area contributed by atoms with E-state index >= 15 is 0 Å². The Kier molecular flexibility index (Phi) is 7.06. The number of para-hydroxylation sites is 2. The fraction of sp³-hybridized carbons (Fsp3) is 0. The Morgan fingerprint density at radius 2 is 0.982 bits per heavy atom. The Morgan fingerprint density at radius 3 is 1.74 bits per heavy atom. The van der Waals surface area contributed by atoms with Gasteiger partial charge in [-0.25, -0.2) is 9.97 Å². The van der Waals surface area contributed by atoms with Crippen LogP contribution in [0.5, 0.6) is 0 Å². The second-order valence-electron chi connectivity index (χ2n) is 14.6. The summed E-state index contributed by atoms with van der Waals surface area (Å²) in [6.45, 7) is 0. The zero-order valence-electron chi connectivity index (χ0n) is 30.7. The van der Waals surface area contributed by atoms with Gasteiger partial charge in [-0.3, -0.25) is 4.57 Å². The van der Waals surface area contributed by atoms with Crippen molar-refractivity contribution in [2.24, 2.45) is 0 Å². The minimum atomic E-state index is 0.713. The summed E-state index contributed by atoms with van der Waals surface area (Å²) in [5.74, 6) is 1.61. The molecular formula is C52H32N4S. The molecule has 0 saturated carbocycles. The van der Waals surface area contributed by atoms with Crippen LogP contribution in [-0.2, 0) is 0 Å². The van der Waals surface area contributed by atoms with Crippen molar-refractivity contribution >= 4 is 75.9 Å². The summed E-state index contributed by atoms with van der Waals surface area (Å²) < 4.78 is 5.83. The Labute approximate surface area is 332 Å². The van der Waals surface area contributed by atoms with Gasteiger partial charge < -0.3 is 4.57 Å². The smallest absolute Gasteiger partial charge is 0.162 e. The Bertz CT molecular complexity index is 3510. The van der Waals surface area contributed by atoms with Gasteiger partial charge >= 0.3 is 0 Å². The van der Waals surface area contributed by atoms with Gasteiger partial charge in [-0.2, -0.15) is 0 Å². The number of thiophene rings is 1. The highest BCUT2D eigenvalue weighted by Crippen LogP contribution is 2.43. The zero-order valence-corrected chi connectivity index (χ0v) is 31.5.